The molecule has 148 valence electrons. The number of fused-ring (bicyclic) bond motifs is 1. The summed E-state index contributed by atoms with van der Waals surface area (Å²) in [5.74, 6) is 2.30. The van der Waals surface area contributed by atoms with Crippen LogP contribution in [0.15, 0.2) is 24.5 Å². The van der Waals surface area contributed by atoms with Crippen molar-refractivity contribution in [1.29, 1.82) is 0 Å². The Morgan fingerprint density at radius 1 is 1.25 bits per heavy atom. The Labute approximate surface area is 163 Å². The number of benzene rings is 1. The summed E-state index contributed by atoms with van der Waals surface area (Å²) < 4.78 is 18.4. The monoisotopic (exact) mass is 383 g/mol. The fourth-order valence-corrected chi connectivity index (χ4v) is 3.62. The maximum Gasteiger partial charge on any atom is 0.163 e. The molecule has 0 spiro atoms. The van der Waals surface area contributed by atoms with Gasteiger partial charge in [-0.1, -0.05) is 0 Å². The van der Waals surface area contributed by atoms with E-state index in [1.165, 1.54) is 0 Å². The largest absolute Gasteiger partial charge is 0.497 e. The lowest BCUT2D eigenvalue weighted by molar-refractivity contribution is 0.0562. The van der Waals surface area contributed by atoms with Crippen LogP contribution in [0.5, 0.6) is 11.5 Å². The van der Waals surface area contributed by atoms with Crippen LogP contribution >= 0.6 is 0 Å². The Morgan fingerprint density at radius 3 is 2.89 bits per heavy atom. The third kappa shape index (κ3) is 3.47. The number of aromatic nitrogens is 4. The van der Waals surface area contributed by atoms with E-state index in [0.29, 0.717) is 13.2 Å². The Hall–Kier alpha value is -2.87. The zero-order valence-electron chi connectivity index (χ0n) is 16.4. The van der Waals surface area contributed by atoms with Crippen LogP contribution in [0.1, 0.15) is 30.1 Å². The summed E-state index contributed by atoms with van der Waals surface area (Å²) in [7, 11) is 3.30. The van der Waals surface area contributed by atoms with Crippen LogP contribution in [-0.2, 0) is 11.3 Å². The molecule has 0 aliphatic carbocycles. The van der Waals surface area contributed by atoms with Crippen molar-refractivity contribution in [1.82, 2.24) is 19.7 Å². The molecule has 8 heteroatoms. The van der Waals surface area contributed by atoms with Gasteiger partial charge in [-0.2, -0.15) is 5.10 Å². The van der Waals surface area contributed by atoms with Crippen molar-refractivity contribution in [3.63, 3.8) is 0 Å². The Balaban J connectivity index is 1.62. The van der Waals surface area contributed by atoms with E-state index in [1.54, 1.807) is 20.5 Å². The molecule has 1 aliphatic heterocycles. The predicted molar refractivity (Wildman–Crippen MR) is 106 cm³/mol. The van der Waals surface area contributed by atoms with Crippen LogP contribution < -0.4 is 14.8 Å². The van der Waals surface area contributed by atoms with Gasteiger partial charge >= 0.3 is 0 Å². The molecule has 3 aromatic rings. The molecule has 0 radical (unpaired) electrons. The molecule has 1 aromatic carbocycles. The second-order valence-electron chi connectivity index (χ2n) is 6.85. The van der Waals surface area contributed by atoms with Gasteiger partial charge in [0.15, 0.2) is 5.65 Å². The van der Waals surface area contributed by atoms with E-state index in [1.807, 2.05) is 29.8 Å². The molecule has 1 N–H and O–H groups in total. The molecule has 1 unspecified atom stereocenters. The molecule has 0 saturated carbocycles. The summed E-state index contributed by atoms with van der Waals surface area (Å²) in [4.78, 5) is 8.96. The zero-order valence-corrected chi connectivity index (χ0v) is 16.4. The average molecular weight is 383 g/mol. The number of nitrogens with one attached hydrogen (secondary N) is 1. The fraction of sp³-hybridized carbons (Fsp3) is 0.450. The van der Waals surface area contributed by atoms with Crippen molar-refractivity contribution in [3.8, 4) is 11.5 Å². The normalized spacial score (nSPS) is 16.9. The first kappa shape index (κ1) is 18.5. The molecule has 2 aromatic heterocycles. The maximum absolute atomic E-state index is 5.63. The van der Waals surface area contributed by atoms with Crippen molar-refractivity contribution in [2.75, 3.05) is 32.8 Å². The minimum absolute atomic E-state index is 0.217. The number of aryl methyl sites for hydroxylation is 1. The van der Waals surface area contributed by atoms with Gasteiger partial charge in [-0.25, -0.2) is 14.6 Å². The Bertz CT molecular complexity index is 966. The van der Waals surface area contributed by atoms with Crippen LogP contribution in [0.25, 0.3) is 11.0 Å². The molecular weight excluding hydrogens is 358 g/mol. The zero-order chi connectivity index (χ0) is 19.5. The van der Waals surface area contributed by atoms with Gasteiger partial charge in [-0.15, -0.1) is 0 Å². The van der Waals surface area contributed by atoms with Crippen molar-refractivity contribution in [3.05, 3.63) is 35.8 Å². The van der Waals surface area contributed by atoms with Crippen molar-refractivity contribution in [2.45, 2.75) is 32.4 Å². The first-order chi connectivity index (χ1) is 13.7. The number of hydrogen-bond donors (Lipinski definition) is 1. The van der Waals surface area contributed by atoms with Crippen LogP contribution in [-0.4, -0.2) is 47.2 Å². The molecule has 3 heterocycles. The van der Waals surface area contributed by atoms with Gasteiger partial charge < -0.3 is 19.5 Å². The first-order valence-corrected chi connectivity index (χ1v) is 9.43. The minimum Gasteiger partial charge on any atom is -0.497 e. The molecule has 1 fully saturated rings. The maximum atomic E-state index is 5.63. The minimum atomic E-state index is 0.217. The molecule has 4 rings (SSSR count). The second kappa shape index (κ2) is 8.02. The summed E-state index contributed by atoms with van der Waals surface area (Å²) >= 11 is 0. The summed E-state index contributed by atoms with van der Waals surface area (Å²) in [5.41, 5.74) is 2.76. The van der Waals surface area contributed by atoms with Gasteiger partial charge in [0.2, 0.25) is 0 Å². The van der Waals surface area contributed by atoms with Gasteiger partial charge in [0.05, 0.1) is 37.9 Å². The first-order valence-electron chi connectivity index (χ1n) is 9.43. The third-order valence-corrected chi connectivity index (χ3v) is 5.09. The fourth-order valence-electron chi connectivity index (χ4n) is 3.62. The van der Waals surface area contributed by atoms with Crippen molar-refractivity contribution < 1.29 is 14.2 Å². The highest BCUT2D eigenvalue weighted by Crippen LogP contribution is 2.30. The van der Waals surface area contributed by atoms with E-state index in [4.69, 9.17) is 19.3 Å². The van der Waals surface area contributed by atoms with Crippen LogP contribution in [0, 0.1) is 6.92 Å². The third-order valence-electron chi connectivity index (χ3n) is 5.09. The lowest BCUT2D eigenvalue weighted by Gasteiger charge is -2.22. The van der Waals surface area contributed by atoms with Gasteiger partial charge in [0.25, 0.3) is 0 Å². The summed E-state index contributed by atoms with van der Waals surface area (Å²) in [6.45, 7) is 4.05. The highest BCUT2D eigenvalue weighted by molar-refractivity contribution is 5.89. The SMILES string of the molecule is COc1ccc(CNc2ncnc3c2c(C)nn3C2CCCOC2)c(OC)c1. The van der Waals surface area contributed by atoms with E-state index < -0.39 is 0 Å². The molecule has 28 heavy (non-hydrogen) atoms. The Kier molecular flexibility index (Phi) is 5.29. The molecule has 1 atom stereocenters. The number of nitrogens with zero attached hydrogens (tertiary/aromatic N) is 4. The molecule has 0 bridgehead atoms. The molecule has 1 saturated heterocycles. The van der Waals surface area contributed by atoms with E-state index in [-0.39, 0.29) is 6.04 Å². The van der Waals surface area contributed by atoms with Crippen molar-refractivity contribution in [2.24, 2.45) is 0 Å². The van der Waals surface area contributed by atoms with Crippen molar-refractivity contribution >= 4 is 16.9 Å². The van der Waals surface area contributed by atoms with Gasteiger partial charge in [-0.3, -0.25) is 0 Å². The average Bonchev–Trinajstić information content (AvgIpc) is 3.10. The molecule has 0 amide bonds. The van der Waals surface area contributed by atoms with E-state index in [2.05, 4.69) is 15.3 Å². The number of ether oxygens (including phenoxy) is 3. The van der Waals surface area contributed by atoms with Crippen LogP contribution in [0.3, 0.4) is 0 Å². The standard InChI is InChI=1S/C20H25N5O3/c1-13-18-19(21-10-14-6-7-16(26-2)9-17(14)27-3)22-12-23-20(18)25(24-13)15-5-4-8-28-11-15/h6-7,9,12,15H,4-5,8,10-11H2,1-3H3,(H,21,22,23). The summed E-state index contributed by atoms with van der Waals surface area (Å²) in [6.07, 6.45) is 3.67. The molecule has 1 aliphatic rings. The number of rotatable bonds is 6. The van der Waals surface area contributed by atoms with Gasteiger partial charge in [-0.05, 0) is 31.9 Å². The smallest absolute Gasteiger partial charge is 0.163 e. The van der Waals surface area contributed by atoms with Crippen LogP contribution in [0.4, 0.5) is 5.82 Å². The number of anilines is 1. The topological polar surface area (TPSA) is 83.3 Å². The predicted octanol–water partition coefficient (Wildman–Crippen LogP) is 3.12. The molecular formula is C20H25N5O3. The van der Waals surface area contributed by atoms with Gasteiger partial charge in [0, 0.05) is 24.8 Å². The van der Waals surface area contributed by atoms with Gasteiger partial charge in [0.1, 0.15) is 23.6 Å². The number of hydrogen-bond acceptors (Lipinski definition) is 7. The van der Waals surface area contributed by atoms with Crippen LogP contribution in [0.2, 0.25) is 0 Å². The highest BCUT2D eigenvalue weighted by atomic mass is 16.5. The summed E-state index contributed by atoms with van der Waals surface area (Å²) in [6, 6.07) is 5.99. The number of methoxy groups -OCH3 is 2. The van der Waals surface area contributed by atoms with E-state index in [0.717, 1.165) is 59.1 Å². The Morgan fingerprint density at radius 2 is 2.14 bits per heavy atom. The second-order valence-corrected chi connectivity index (χ2v) is 6.85. The lowest BCUT2D eigenvalue weighted by Crippen LogP contribution is -2.22. The van der Waals surface area contributed by atoms with E-state index >= 15 is 0 Å². The summed E-state index contributed by atoms with van der Waals surface area (Å²) in [5, 5.41) is 9.10. The quantitative estimate of drug-likeness (QED) is 0.700. The molecule has 8 nitrogen and oxygen atoms in total. The highest BCUT2D eigenvalue weighted by Gasteiger charge is 2.22. The van der Waals surface area contributed by atoms with E-state index in [9.17, 15) is 0 Å². The lowest BCUT2D eigenvalue weighted by atomic mass is 10.1.